The van der Waals surface area contributed by atoms with Gasteiger partial charge in [0.05, 0.1) is 0 Å². The van der Waals surface area contributed by atoms with Crippen LogP contribution in [0.1, 0.15) is 37.7 Å². The van der Waals surface area contributed by atoms with Crippen molar-refractivity contribution >= 4 is 17.5 Å². The topological polar surface area (TPSA) is 75.4 Å². The minimum atomic E-state index is -4.62. The third-order valence-electron chi connectivity index (χ3n) is 4.09. The summed E-state index contributed by atoms with van der Waals surface area (Å²) in [7, 11) is 0. The standard InChI is InChI=1S/C15H19F3N6O/c1-9(5-7-23-6-3-4-12(23)25)19-11-8-10(2)20-14-21-13(15(16,17)18)22-24(11)14/h8-9,19H,3-7H2,1-2H3. The third-order valence-corrected chi connectivity index (χ3v) is 4.09. The van der Waals surface area contributed by atoms with Crippen LogP contribution in [0.5, 0.6) is 0 Å². The lowest BCUT2D eigenvalue weighted by molar-refractivity contribution is -0.144. The molecule has 3 heterocycles. The number of rotatable bonds is 5. The summed E-state index contributed by atoms with van der Waals surface area (Å²) in [6, 6.07) is 1.57. The van der Waals surface area contributed by atoms with Crippen LogP contribution in [-0.2, 0) is 11.0 Å². The number of hydrogen-bond donors (Lipinski definition) is 1. The maximum absolute atomic E-state index is 12.8. The van der Waals surface area contributed by atoms with Crippen LogP contribution in [0, 0.1) is 6.92 Å². The van der Waals surface area contributed by atoms with E-state index in [1.54, 1.807) is 13.0 Å². The van der Waals surface area contributed by atoms with Gasteiger partial charge in [-0.25, -0.2) is 4.98 Å². The highest BCUT2D eigenvalue weighted by Crippen LogP contribution is 2.27. The second-order valence-electron chi connectivity index (χ2n) is 6.25. The molecule has 136 valence electrons. The maximum Gasteiger partial charge on any atom is 0.453 e. The summed E-state index contributed by atoms with van der Waals surface area (Å²) in [6.45, 7) is 4.97. The van der Waals surface area contributed by atoms with Gasteiger partial charge in [-0.05, 0) is 26.7 Å². The Morgan fingerprint density at radius 2 is 2.12 bits per heavy atom. The maximum atomic E-state index is 12.8. The quantitative estimate of drug-likeness (QED) is 0.889. The van der Waals surface area contributed by atoms with Gasteiger partial charge in [-0.3, -0.25) is 4.79 Å². The molecule has 25 heavy (non-hydrogen) atoms. The van der Waals surface area contributed by atoms with Crippen molar-refractivity contribution in [1.82, 2.24) is 24.5 Å². The van der Waals surface area contributed by atoms with Gasteiger partial charge in [0.2, 0.25) is 5.91 Å². The molecule has 1 aliphatic heterocycles. The molecule has 3 rings (SSSR count). The van der Waals surface area contributed by atoms with Gasteiger partial charge in [0, 0.05) is 37.3 Å². The number of aryl methyl sites for hydroxylation is 1. The van der Waals surface area contributed by atoms with Gasteiger partial charge in [0.1, 0.15) is 5.82 Å². The number of hydrogen-bond acceptors (Lipinski definition) is 5. The number of aromatic nitrogens is 4. The van der Waals surface area contributed by atoms with Crippen molar-refractivity contribution in [2.45, 2.75) is 45.3 Å². The van der Waals surface area contributed by atoms with Crippen molar-refractivity contribution in [1.29, 1.82) is 0 Å². The average molecular weight is 356 g/mol. The fraction of sp³-hybridized carbons (Fsp3) is 0.600. The summed E-state index contributed by atoms with van der Waals surface area (Å²) >= 11 is 0. The number of nitrogens with one attached hydrogen (secondary N) is 1. The van der Waals surface area contributed by atoms with Gasteiger partial charge in [-0.2, -0.15) is 22.7 Å². The molecule has 1 saturated heterocycles. The normalized spacial score (nSPS) is 16.7. The third kappa shape index (κ3) is 3.83. The highest BCUT2D eigenvalue weighted by Gasteiger charge is 2.37. The Morgan fingerprint density at radius 3 is 2.76 bits per heavy atom. The monoisotopic (exact) mass is 356 g/mol. The summed E-state index contributed by atoms with van der Waals surface area (Å²) in [4.78, 5) is 20.9. The fourth-order valence-corrected chi connectivity index (χ4v) is 2.82. The summed E-state index contributed by atoms with van der Waals surface area (Å²) < 4.78 is 39.5. The fourth-order valence-electron chi connectivity index (χ4n) is 2.82. The Kier molecular flexibility index (Phi) is 4.53. The Bertz CT molecular complexity index is 787. The number of halogens is 3. The molecule has 1 aliphatic rings. The van der Waals surface area contributed by atoms with Crippen molar-refractivity contribution < 1.29 is 18.0 Å². The zero-order valence-corrected chi connectivity index (χ0v) is 14.0. The van der Waals surface area contributed by atoms with E-state index in [0.717, 1.165) is 17.5 Å². The largest absolute Gasteiger partial charge is 0.453 e. The van der Waals surface area contributed by atoms with Crippen molar-refractivity contribution in [3.05, 3.63) is 17.6 Å². The van der Waals surface area contributed by atoms with Crippen LogP contribution in [0.25, 0.3) is 5.78 Å². The molecule has 1 amide bonds. The van der Waals surface area contributed by atoms with E-state index in [9.17, 15) is 18.0 Å². The van der Waals surface area contributed by atoms with E-state index in [-0.39, 0.29) is 17.7 Å². The van der Waals surface area contributed by atoms with Gasteiger partial charge >= 0.3 is 6.18 Å². The molecule has 1 atom stereocenters. The number of anilines is 1. The zero-order chi connectivity index (χ0) is 18.2. The molecule has 0 bridgehead atoms. The first-order valence-corrected chi connectivity index (χ1v) is 8.10. The number of fused-ring (bicyclic) bond motifs is 1. The Hall–Kier alpha value is -2.39. The first-order valence-electron chi connectivity index (χ1n) is 8.10. The van der Waals surface area contributed by atoms with E-state index >= 15 is 0 Å². The summed E-state index contributed by atoms with van der Waals surface area (Å²) in [5, 5.41) is 6.66. The molecule has 0 aromatic carbocycles. The number of likely N-dealkylation sites (tertiary alicyclic amines) is 1. The van der Waals surface area contributed by atoms with E-state index in [1.165, 1.54) is 0 Å². The van der Waals surface area contributed by atoms with E-state index in [1.807, 2.05) is 11.8 Å². The van der Waals surface area contributed by atoms with E-state index in [0.29, 0.717) is 30.9 Å². The molecule has 1 unspecified atom stereocenters. The van der Waals surface area contributed by atoms with Crippen LogP contribution in [-0.4, -0.2) is 49.5 Å². The first kappa shape index (κ1) is 17.4. The number of alkyl halides is 3. The summed E-state index contributed by atoms with van der Waals surface area (Å²) in [5.74, 6) is -0.771. The minimum absolute atomic E-state index is 0.0584. The molecule has 0 radical (unpaired) electrons. The van der Waals surface area contributed by atoms with Crippen molar-refractivity contribution in [3.63, 3.8) is 0 Å². The van der Waals surface area contributed by atoms with Gasteiger partial charge in [0.15, 0.2) is 0 Å². The van der Waals surface area contributed by atoms with Crippen LogP contribution in [0.15, 0.2) is 6.07 Å². The van der Waals surface area contributed by atoms with Crippen LogP contribution in [0.3, 0.4) is 0 Å². The van der Waals surface area contributed by atoms with Gasteiger partial charge < -0.3 is 10.2 Å². The number of nitrogens with zero attached hydrogens (tertiary/aromatic N) is 5. The SMILES string of the molecule is Cc1cc(NC(C)CCN2CCCC2=O)n2nc(C(F)(F)F)nc2n1. The smallest absolute Gasteiger partial charge is 0.367 e. The Morgan fingerprint density at radius 1 is 1.36 bits per heavy atom. The molecule has 0 aliphatic carbocycles. The summed E-state index contributed by atoms with van der Waals surface area (Å²) in [6.07, 6.45) is -2.48. The number of carbonyl (C=O) groups is 1. The lowest BCUT2D eigenvalue weighted by Crippen LogP contribution is -2.30. The molecule has 2 aromatic rings. The average Bonchev–Trinajstić information content (AvgIpc) is 3.10. The van der Waals surface area contributed by atoms with Crippen LogP contribution >= 0.6 is 0 Å². The molecular formula is C15H19F3N6O. The van der Waals surface area contributed by atoms with Crippen molar-refractivity contribution in [2.24, 2.45) is 0 Å². The van der Waals surface area contributed by atoms with E-state index in [2.05, 4.69) is 20.4 Å². The second kappa shape index (κ2) is 6.49. The van der Waals surface area contributed by atoms with Crippen LogP contribution in [0.4, 0.5) is 19.0 Å². The lowest BCUT2D eigenvalue weighted by Gasteiger charge is -2.20. The summed E-state index contributed by atoms with van der Waals surface area (Å²) in [5.41, 5.74) is 0.540. The van der Waals surface area contributed by atoms with Gasteiger partial charge in [-0.15, -0.1) is 5.10 Å². The Balaban J connectivity index is 1.75. The minimum Gasteiger partial charge on any atom is -0.367 e. The second-order valence-corrected chi connectivity index (χ2v) is 6.25. The van der Waals surface area contributed by atoms with Gasteiger partial charge in [-0.1, -0.05) is 0 Å². The highest BCUT2D eigenvalue weighted by molar-refractivity contribution is 5.78. The molecule has 1 N–H and O–H groups in total. The molecule has 0 saturated carbocycles. The number of amides is 1. The van der Waals surface area contributed by atoms with Crippen LogP contribution < -0.4 is 5.32 Å². The molecular weight excluding hydrogens is 337 g/mol. The molecule has 0 spiro atoms. The van der Waals surface area contributed by atoms with Crippen molar-refractivity contribution in [3.8, 4) is 0 Å². The van der Waals surface area contributed by atoms with Gasteiger partial charge in [0.25, 0.3) is 11.6 Å². The van der Waals surface area contributed by atoms with E-state index < -0.39 is 12.0 Å². The van der Waals surface area contributed by atoms with E-state index in [4.69, 9.17) is 0 Å². The molecule has 2 aromatic heterocycles. The predicted octanol–water partition coefficient (Wildman–Crippen LogP) is 2.26. The lowest BCUT2D eigenvalue weighted by atomic mass is 10.2. The molecule has 10 heteroatoms. The Labute approximate surface area is 142 Å². The molecule has 1 fully saturated rings. The molecule has 7 nitrogen and oxygen atoms in total. The highest BCUT2D eigenvalue weighted by atomic mass is 19.4. The predicted molar refractivity (Wildman–Crippen MR) is 84.0 cm³/mol. The number of carbonyl (C=O) groups excluding carboxylic acids is 1. The zero-order valence-electron chi connectivity index (χ0n) is 14.0. The first-order chi connectivity index (χ1) is 11.7. The van der Waals surface area contributed by atoms with Crippen molar-refractivity contribution in [2.75, 3.05) is 18.4 Å². The van der Waals surface area contributed by atoms with Crippen LogP contribution in [0.2, 0.25) is 0 Å².